The summed E-state index contributed by atoms with van der Waals surface area (Å²) in [4.78, 5) is 5.21. The maximum atomic E-state index is 5.21. The fourth-order valence-corrected chi connectivity index (χ4v) is 1.24. The van der Waals surface area contributed by atoms with Gasteiger partial charge in [-0.05, 0) is 25.9 Å². The Morgan fingerprint density at radius 3 is 2.75 bits per heavy atom. The van der Waals surface area contributed by atoms with E-state index in [-0.39, 0.29) is 0 Å². The molecule has 0 bridgehead atoms. The summed E-state index contributed by atoms with van der Waals surface area (Å²) >= 11 is 0. The van der Waals surface area contributed by atoms with Gasteiger partial charge >= 0.3 is 0 Å². The van der Waals surface area contributed by atoms with E-state index in [1.54, 1.807) is 7.11 Å². The molecule has 1 aliphatic rings. The van der Waals surface area contributed by atoms with Crippen LogP contribution in [-0.4, -0.2) is 39.5 Å². The van der Waals surface area contributed by atoms with E-state index in [0.717, 1.165) is 25.9 Å². The van der Waals surface area contributed by atoms with Gasteiger partial charge in [-0.3, -0.25) is 4.84 Å². The Morgan fingerprint density at radius 2 is 2.08 bits per heavy atom. The molecule has 0 atom stereocenters. The molecule has 0 aromatic heterocycles. The number of piperidine rings is 1. The fraction of sp³-hybridized carbons (Fsp3) is 1.00. The molecular weight excluding hydrogens is 156 g/mol. The van der Waals surface area contributed by atoms with Crippen molar-refractivity contribution < 1.29 is 9.57 Å². The van der Waals surface area contributed by atoms with Gasteiger partial charge in [0.15, 0.2) is 0 Å². The summed E-state index contributed by atoms with van der Waals surface area (Å²) in [7, 11) is 1.67. The molecule has 0 radical (unpaired) electrons. The van der Waals surface area contributed by atoms with E-state index in [0.29, 0.717) is 19.3 Å². The van der Waals surface area contributed by atoms with E-state index in [2.05, 4.69) is 10.8 Å². The average molecular weight is 174 g/mol. The van der Waals surface area contributed by atoms with Crippen molar-refractivity contribution >= 4 is 0 Å². The van der Waals surface area contributed by atoms with Gasteiger partial charge in [0.25, 0.3) is 0 Å². The summed E-state index contributed by atoms with van der Waals surface area (Å²) in [6.07, 6.45) is 2.29. The lowest BCUT2D eigenvalue weighted by Gasteiger charge is -2.23. The van der Waals surface area contributed by atoms with Gasteiger partial charge in [-0.25, -0.2) is 0 Å². The first kappa shape index (κ1) is 9.92. The second-order valence-corrected chi connectivity index (χ2v) is 2.98. The van der Waals surface area contributed by atoms with Gasteiger partial charge in [0.05, 0.1) is 13.2 Å². The monoisotopic (exact) mass is 174 g/mol. The van der Waals surface area contributed by atoms with Crippen LogP contribution in [0.3, 0.4) is 0 Å². The van der Waals surface area contributed by atoms with Crippen molar-refractivity contribution in [2.75, 3.05) is 33.4 Å². The minimum absolute atomic E-state index is 0.517. The second kappa shape index (κ2) is 6.37. The van der Waals surface area contributed by atoms with Gasteiger partial charge in [-0.2, -0.15) is 5.48 Å². The van der Waals surface area contributed by atoms with E-state index in [4.69, 9.17) is 9.57 Å². The van der Waals surface area contributed by atoms with Crippen LogP contribution in [0, 0.1) is 0 Å². The Morgan fingerprint density at radius 1 is 1.33 bits per heavy atom. The Hall–Kier alpha value is -0.160. The molecule has 0 amide bonds. The van der Waals surface area contributed by atoms with Crippen LogP contribution >= 0.6 is 0 Å². The molecule has 2 N–H and O–H groups in total. The van der Waals surface area contributed by atoms with Gasteiger partial charge < -0.3 is 10.1 Å². The average Bonchev–Trinajstić information content (AvgIpc) is 2.14. The molecule has 4 heteroatoms. The van der Waals surface area contributed by atoms with Gasteiger partial charge in [0, 0.05) is 13.2 Å². The lowest BCUT2D eigenvalue weighted by atomic mass is 10.1. The molecule has 1 aliphatic heterocycles. The minimum Gasteiger partial charge on any atom is -0.382 e. The SMILES string of the molecule is COCCONC1CCNCC1. The highest BCUT2D eigenvalue weighted by Gasteiger charge is 2.11. The van der Waals surface area contributed by atoms with Crippen LogP contribution in [0.5, 0.6) is 0 Å². The smallest absolute Gasteiger partial charge is 0.0915 e. The highest BCUT2D eigenvalue weighted by Crippen LogP contribution is 2.00. The van der Waals surface area contributed by atoms with Crippen molar-refractivity contribution in [2.45, 2.75) is 18.9 Å². The minimum atomic E-state index is 0.517. The molecule has 0 aliphatic carbocycles. The summed E-state index contributed by atoms with van der Waals surface area (Å²) in [5.41, 5.74) is 3.04. The third-order valence-electron chi connectivity index (χ3n) is 1.98. The summed E-state index contributed by atoms with van der Waals surface area (Å²) < 4.78 is 4.85. The van der Waals surface area contributed by atoms with Crippen LogP contribution in [0.25, 0.3) is 0 Å². The van der Waals surface area contributed by atoms with Crippen molar-refractivity contribution in [3.8, 4) is 0 Å². The van der Waals surface area contributed by atoms with Crippen LogP contribution in [0.1, 0.15) is 12.8 Å². The van der Waals surface area contributed by atoms with Crippen LogP contribution in [0.15, 0.2) is 0 Å². The number of nitrogens with one attached hydrogen (secondary N) is 2. The van der Waals surface area contributed by atoms with Gasteiger partial charge in [-0.15, -0.1) is 0 Å². The molecule has 1 heterocycles. The molecule has 0 unspecified atom stereocenters. The Bertz CT molecular complexity index is 105. The molecule has 12 heavy (non-hydrogen) atoms. The molecule has 4 nitrogen and oxygen atoms in total. The fourth-order valence-electron chi connectivity index (χ4n) is 1.24. The number of hydrogen-bond acceptors (Lipinski definition) is 4. The van der Waals surface area contributed by atoms with Crippen molar-refractivity contribution in [1.82, 2.24) is 10.8 Å². The zero-order chi connectivity index (χ0) is 8.65. The number of ether oxygens (including phenoxy) is 1. The molecule has 0 spiro atoms. The third kappa shape index (κ3) is 4.01. The van der Waals surface area contributed by atoms with E-state index in [1.807, 2.05) is 0 Å². The van der Waals surface area contributed by atoms with Crippen LogP contribution < -0.4 is 10.8 Å². The van der Waals surface area contributed by atoms with Crippen LogP contribution in [-0.2, 0) is 9.57 Å². The van der Waals surface area contributed by atoms with Crippen LogP contribution in [0.2, 0.25) is 0 Å². The highest BCUT2D eigenvalue weighted by molar-refractivity contribution is 4.70. The Labute approximate surface area is 73.6 Å². The first-order valence-corrected chi connectivity index (χ1v) is 4.50. The molecule has 72 valence electrons. The zero-order valence-electron chi connectivity index (χ0n) is 7.64. The van der Waals surface area contributed by atoms with E-state index in [1.165, 1.54) is 0 Å². The maximum Gasteiger partial charge on any atom is 0.0915 e. The quantitative estimate of drug-likeness (QED) is 0.451. The van der Waals surface area contributed by atoms with Crippen LogP contribution in [0.4, 0.5) is 0 Å². The summed E-state index contributed by atoms with van der Waals surface area (Å²) in [5.74, 6) is 0. The van der Waals surface area contributed by atoms with Crippen molar-refractivity contribution in [1.29, 1.82) is 0 Å². The molecule has 1 fully saturated rings. The van der Waals surface area contributed by atoms with Gasteiger partial charge in [-0.1, -0.05) is 0 Å². The number of hydrogen-bond donors (Lipinski definition) is 2. The Balaban J connectivity index is 1.91. The predicted octanol–water partition coefficient (Wildman–Crippen LogP) is -0.0940. The van der Waals surface area contributed by atoms with Gasteiger partial charge in [0.1, 0.15) is 0 Å². The topological polar surface area (TPSA) is 42.5 Å². The molecular formula is C8H18N2O2. The zero-order valence-corrected chi connectivity index (χ0v) is 7.64. The Kier molecular flexibility index (Phi) is 5.27. The molecule has 0 saturated carbocycles. The summed E-state index contributed by atoms with van der Waals surface area (Å²) in [5, 5.41) is 3.30. The van der Waals surface area contributed by atoms with Crippen molar-refractivity contribution in [2.24, 2.45) is 0 Å². The normalized spacial score (nSPS) is 19.8. The number of methoxy groups -OCH3 is 1. The predicted molar refractivity (Wildman–Crippen MR) is 46.9 cm³/mol. The lowest BCUT2D eigenvalue weighted by Crippen LogP contribution is -2.40. The van der Waals surface area contributed by atoms with Gasteiger partial charge in [0.2, 0.25) is 0 Å². The second-order valence-electron chi connectivity index (χ2n) is 2.98. The number of hydroxylamine groups is 1. The molecule has 1 saturated heterocycles. The molecule has 0 aromatic carbocycles. The largest absolute Gasteiger partial charge is 0.382 e. The summed E-state index contributed by atoms with van der Waals surface area (Å²) in [6, 6.07) is 0.517. The van der Waals surface area contributed by atoms with E-state index in [9.17, 15) is 0 Å². The third-order valence-corrected chi connectivity index (χ3v) is 1.98. The van der Waals surface area contributed by atoms with Crippen molar-refractivity contribution in [3.63, 3.8) is 0 Å². The summed E-state index contributed by atoms with van der Waals surface area (Å²) in [6.45, 7) is 3.45. The first-order chi connectivity index (χ1) is 5.93. The first-order valence-electron chi connectivity index (χ1n) is 4.50. The van der Waals surface area contributed by atoms with E-state index < -0.39 is 0 Å². The maximum absolute atomic E-state index is 5.21. The van der Waals surface area contributed by atoms with Crippen molar-refractivity contribution in [3.05, 3.63) is 0 Å². The molecule has 1 rings (SSSR count). The molecule has 0 aromatic rings. The standard InChI is InChI=1S/C8H18N2O2/c1-11-6-7-12-10-8-2-4-9-5-3-8/h8-10H,2-7H2,1H3. The number of rotatable bonds is 5. The highest BCUT2D eigenvalue weighted by atomic mass is 16.7. The van der Waals surface area contributed by atoms with E-state index >= 15 is 0 Å². The lowest BCUT2D eigenvalue weighted by molar-refractivity contribution is -0.0169.